The van der Waals surface area contributed by atoms with Crippen molar-refractivity contribution in [3.63, 3.8) is 0 Å². The van der Waals surface area contributed by atoms with Crippen molar-refractivity contribution in [2.45, 2.75) is 38.8 Å². The van der Waals surface area contributed by atoms with Crippen LogP contribution in [0.4, 0.5) is 5.69 Å². The van der Waals surface area contributed by atoms with E-state index in [1.165, 1.54) is 0 Å². The molecule has 2 atom stereocenters. The Kier molecular flexibility index (Phi) is 5.18. The fraction of sp³-hybridized carbons (Fsp3) is 0.550. The van der Waals surface area contributed by atoms with E-state index in [9.17, 15) is 14.4 Å². The van der Waals surface area contributed by atoms with Gasteiger partial charge in [0, 0.05) is 19.5 Å². The van der Waals surface area contributed by atoms with E-state index in [0.29, 0.717) is 43.7 Å². The molecule has 0 radical (unpaired) electrons. The molecule has 1 aromatic rings. The van der Waals surface area contributed by atoms with Crippen LogP contribution in [0.15, 0.2) is 24.3 Å². The second kappa shape index (κ2) is 7.04. The molecule has 152 valence electrons. The summed E-state index contributed by atoms with van der Waals surface area (Å²) in [6.45, 7) is 5.75. The predicted molar refractivity (Wildman–Crippen MR) is 108 cm³/mol. The number of fused-ring (bicyclic) bond motifs is 3. The van der Waals surface area contributed by atoms with E-state index in [4.69, 9.17) is 5.73 Å². The van der Waals surface area contributed by atoms with Gasteiger partial charge in [-0.25, -0.2) is 0 Å². The van der Waals surface area contributed by atoms with Gasteiger partial charge in [-0.15, -0.1) is 12.4 Å². The number of hydrogen-bond donors (Lipinski definition) is 1. The van der Waals surface area contributed by atoms with Crippen molar-refractivity contribution in [1.82, 2.24) is 9.80 Å². The number of hydrogen-bond acceptors (Lipinski definition) is 4. The Balaban J connectivity index is 0.00000225. The van der Waals surface area contributed by atoms with Gasteiger partial charge in [-0.05, 0) is 43.9 Å². The molecule has 2 N–H and O–H groups in total. The van der Waals surface area contributed by atoms with E-state index in [1.54, 1.807) is 32.9 Å². The average molecular weight is 407 g/mol. The zero-order valence-corrected chi connectivity index (χ0v) is 17.1. The molecule has 28 heavy (non-hydrogen) atoms. The molecule has 3 heterocycles. The zero-order chi connectivity index (χ0) is 19.4. The Morgan fingerprint density at radius 1 is 1.18 bits per heavy atom. The summed E-state index contributed by atoms with van der Waals surface area (Å²) in [7, 11) is 0. The number of carbonyl (C=O) groups excluding carboxylic acids is 3. The van der Waals surface area contributed by atoms with Crippen molar-refractivity contribution in [2.75, 3.05) is 31.1 Å². The second-order valence-corrected chi connectivity index (χ2v) is 8.43. The van der Waals surface area contributed by atoms with Crippen LogP contribution in [0.3, 0.4) is 0 Å². The number of nitrogens with two attached hydrogens (primary N) is 1. The van der Waals surface area contributed by atoms with Crippen LogP contribution in [-0.2, 0) is 9.59 Å². The molecule has 3 aliphatic heterocycles. The minimum atomic E-state index is -0.797. The highest BCUT2D eigenvalue weighted by Gasteiger charge is 2.53. The van der Waals surface area contributed by atoms with Crippen LogP contribution in [0.2, 0.25) is 0 Å². The highest BCUT2D eigenvalue weighted by Crippen LogP contribution is 2.44. The molecule has 8 heteroatoms. The zero-order valence-electron chi connectivity index (χ0n) is 16.3. The summed E-state index contributed by atoms with van der Waals surface area (Å²) in [6, 6.07) is 7.15. The van der Waals surface area contributed by atoms with Gasteiger partial charge in [0.15, 0.2) is 0 Å². The Morgan fingerprint density at radius 2 is 1.89 bits per heavy atom. The number of benzene rings is 1. The maximum atomic E-state index is 13.2. The first kappa shape index (κ1) is 20.6. The van der Waals surface area contributed by atoms with Gasteiger partial charge in [0.25, 0.3) is 5.91 Å². The summed E-state index contributed by atoms with van der Waals surface area (Å²) in [5.41, 5.74) is 6.12. The third kappa shape index (κ3) is 2.97. The summed E-state index contributed by atoms with van der Waals surface area (Å²) in [4.78, 5) is 43.8. The standard InChI is InChI=1S/C20H26N4O3.ClH/c1-19(12-21)9-10-22(13-19)17(26)11-23-18(27)14-5-3-4-6-15(14)24-16(25)7-8-20(23,24)2;/h3-6H,7-13,21H2,1-2H3;1H. The smallest absolute Gasteiger partial charge is 0.258 e. The highest BCUT2D eigenvalue weighted by molar-refractivity contribution is 6.11. The summed E-state index contributed by atoms with van der Waals surface area (Å²) in [5, 5.41) is 0. The fourth-order valence-electron chi connectivity index (χ4n) is 4.58. The number of carbonyl (C=O) groups is 3. The number of halogens is 1. The average Bonchev–Trinajstić information content (AvgIpc) is 3.20. The van der Waals surface area contributed by atoms with E-state index in [0.717, 1.165) is 6.42 Å². The van der Waals surface area contributed by atoms with Crippen LogP contribution in [0, 0.1) is 5.41 Å². The van der Waals surface area contributed by atoms with Crippen LogP contribution in [0.25, 0.3) is 0 Å². The highest BCUT2D eigenvalue weighted by atomic mass is 35.5. The van der Waals surface area contributed by atoms with Crippen molar-refractivity contribution in [1.29, 1.82) is 0 Å². The third-order valence-electron chi connectivity index (χ3n) is 6.44. The van der Waals surface area contributed by atoms with E-state index in [1.807, 2.05) is 13.0 Å². The predicted octanol–water partition coefficient (Wildman–Crippen LogP) is 1.60. The van der Waals surface area contributed by atoms with Gasteiger partial charge in [0.1, 0.15) is 12.2 Å². The normalized spacial score (nSPS) is 28.9. The summed E-state index contributed by atoms with van der Waals surface area (Å²) in [5.74, 6) is -0.277. The molecule has 4 rings (SSSR count). The molecular formula is C20H27ClN4O3. The third-order valence-corrected chi connectivity index (χ3v) is 6.44. The van der Waals surface area contributed by atoms with E-state index in [-0.39, 0.29) is 42.1 Å². The Morgan fingerprint density at radius 3 is 2.57 bits per heavy atom. The molecule has 2 unspecified atom stereocenters. The lowest BCUT2D eigenvalue weighted by Gasteiger charge is -2.48. The van der Waals surface area contributed by atoms with Gasteiger partial charge in [-0.3, -0.25) is 19.3 Å². The van der Waals surface area contributed by atoms with Crippen molar-refractivity contribution < 1.29 is 14.4 Å². The molecule has 0 aliphatic carbocycles. The van der Waals surface area contributed by atoms with Crippen molar-refractivity contribution in [3.8, 4) is 0 Å². The van der Waals surface area contributed by atoms with Gasteiger partial charge >= 0.3 is 0 Å². The Bertz CT molecular complexity index is 831. The van der Waals surface area contributed by atoms with Gasteiger partial charge in [-0.1, -0.05) is 19.1 Å². The van der Waals surface area contributed by atoms with Crippen LogP contribution in [0.5, 0.6) is 0 Å². The molecule has 0 bridgehead atoms. The lowest BCUT2D eigenvalue weighted by molar-refractivity contribution is -0.132. The molecule has 0 aromatic heterocycles. The number of amides is 3. The van der Waals surface area contributed by atoms with Gasteiger partial charge in [0.2, 0.25) is 11.8 Å². The molecule has 3 aliphatic rings. The van der Waals surface area contributed by atoms with E-state index < -0.39 is 5.66 Å². The molecule has 1 aromatic carbocycles. The minimum Gasteiger partial charge on any atom is -0.341 e. The maximum absolute atomic E-state index is 13.2. The van der Waals surface area contributed by atoms with Crippen molar-refractivity contribution in [2.24, 2.45) is 11.1 Å². The maximum Gasteiger partial charge on any atom is 0.258 e. The first-order valence-corrected chi connectivity index (χ1v) is 9.51. The molecule has 0 spiro atoms. The van der Waals surface area contributed by atoms with Gasteiger partial charge in [0.05, 0.1) is 11.3 Å². The molecule has 2 fully saturated rings. The lowest BCUT2D eigenvalue weighted by atomic mass is 9.90. The molecule has 7 nitrogen and oxygen atoms in total. The second-order valence-electron chi connectivity index (χ2n) is 8.43. The summed E-state index contributed by atoms with van der Waals surface area (Å²) < 4.78 is 0. The van der Waals surface area contributed by atoms with E-state index in [2.05, 4.69) is 6.92 Å². The number of rotatable bonds is 3. The number of para-hydroxylation sites is 1. The molecule has 2 saturated heterocycles. The van der Waals surface area contributed by atoms with Gasteiger partial charge < -0.3 is 15.5 Å². The van der Waals surface area contributed by atoms with Gasteiger partial charge in [-0.2, -0.15) is 0 Å². The van der Waals surface area contributed by atoms with Crippen molar-refractivity contribution in [3.05, 3.63) is 29.8 Å². The fourth-order valence-corrected chi connectivity index (χ4v) is 4.58. The molecule has 0 saturated carbocycles. The van der Waals surface area contributed by atoms with Crippen LogP contribution < -0.4 is 10.6 Å². The van der Waals surface area contributed by atoms with Crippen molar-refractivity contribution >= 4 is 35.8 Å². The first-order chi connectivity index (χ1) is 12.8. The summed E-state index contributed by atoms with van der Waals surface area (Å²) >= 11 is 0. The minimum absolute atomic E-state index is 0. The van der Waals surface area contributed by atoms with Crippen LogP contribution in [0.1, 0.15) is 43.5 Å². The number of nitrogens with zero attached hydrogens (tertiary/aromatic N) is 3. The largest absolute Gasteiger partial charge is 0.341 e. The number of likely N-dealkylation sites (tertiary alicyclic amines) is 1. The van der Waals surface area contributed by atoms with Crippen LogP contribution in [-0.4, -0.2) is 59.4 Å². The molecular weight excluding hydrogens is 380 g/mol. The topological polar surface area (TPSA) is 86.9 Å². The van der Waals surface area contributed by atoms with E-state index >= 15 is 0 Å². The first-order valence-electron chi connectivity index (χ1n) is 9.51. The quantitative estimate of drug-likeness (QED) is 0.826. The lowest BCUT2D eigenvalue weighted by Crippen LogP contribution is -2.64. The Hall–Kier alpha value is -2.12. The monoisotopic (exact) mass is 406 g/mol. The molecule has 3 amide bonds. The summed E-state index contributed by atoms with van der Waals surface area (Å²) in [6.07, 6.45) is 1.77. The number of anilines is 1. The Labute approximate surface area is 171 Å². The SMILES string of the molecule is CC1(CN)CCN(C(=O)CN2C(=O)c3ccccc3N3C(=O)CCC23C)C1.Cl. The van der Waals surface area contributed by atoms with Crippen LogP contribution >= 0.6 is 12.4 Å².